The van der Waals surface area contributed by atoms with Crippen molar-refractivity contribution in [3.8, 4) is 11.3 Å². The van der Waals surface area contributed by atoms with Gasteiger partial charge in [-0.1, -0.05) is 0 Å². The summed E-state index contributed by atoms with van der Waals surface area (Å²) in [5.74, 6) is -0.530. The van der Waals surface area contributed by atoms with E-state index in [9.17, 15) is 9.18 Å². The smallest absolute Gasteiger partial charge is 0.273 e. The number of rotatable bonds is 4. The maximum atomic E-state index is 13.5. The van der Waals surface area contributed by atoms with Crippen LogP contribution < -0.4 is 10.2 Å². The number of nitrogens with one attached hydrogen (secondary N) is 2. The number of anilines is 2. The number of nitrogens with zero attached hydrogens (tertiary/aromatic N) is 3. The fourth-order valence-electron chi connectivity index (χ4n) is 3.41. The molecule has 0 spiro atoms. The normalized spacial score (nSPS) is 14.8. The number of amides is 1. The number of hydrogen-bond donors (Lipinski definition) is 2. The lowest BCUT2D eigenvalue weighted by atomic mass is 10.1. The molecule has 7 heteroatoms. The Kier molecular flexibility index (Phi) is 5.31. The lowest BCUT2D eigenvalue weighted by Crippen LogP contribution is -2.44. The zero-order valence-corrected chi connectivity index (χ0v) is 16.6. The van der Waals surface area contributed by atoms with Crippen LogP contribution >= 0.6 is 0 Å². The van der Waals surface area contributed by atoms with Crippen LogP contribution in [0, 0.1) is 12.7 Å². The molecule has 0 radical (unpaired) electrons. The Bertz CT molecular complexity index is 1010. The Morgan fingerprint density at radius 2 is 1.79 bits per heavy atom. The van der Waals surface area contributed by atoms with Gasteiger partial charge in [-0.3, -0.25) is 9.89 Å². The van der Waals surface area contributed by atoms with Crippen molar-refractivity contribution >= 4 is 17.3 Å². The van der Waals surface area contributed by atoms with E-state index in [4.69, 9.17) is 0 Å². The van der Waals surface area contributed by atoms with E-state index in [1.165, 1.54) is 6.07 Å². The molecule has 1 aliphatic heterocycles. The van der Waals surface area contributed by atoms with Gasteiger partial charge in [0, 0.05) is 43.1 Å². The number of piperazine rings is 1. The Labute approximate surface area is 169 Å². The zero-order chi connectivity index (χ0) is 20.4. The summed E-state index contributed by atoms with van der Waals surface area (Å²) in [6.07, 6.45) is 0. The van der Waals surface area contributed by atoms with Gasteiger partial charge in [0.25, 0.3) is 5.91 Å². The highest BCUT2D eigenvalue weighted by Gasteiger charge is 2.15. The van der Waals surface area contributed by atoms with E-state index in [1.54, 1.807) is 25.1 Å². The number of hydrogen-bond acceptors (Lipinski definition) is 4. The average molecular weight is 393 g/mol. The first kappa shape index (κ1) is 19.1. The Balaban J connectivity index is 1.42. The van der Waals surface area contributed by atoms with Crippen LogP contribution in [-0.2, 0) is 0 Å². The van der Waals surface area contributed by atoms with Crippen molar-refractivity contribution in [3.63, 3.8) is 0 Å². The zero-order valence-electron chi connectivity index (χ0n) is 16.6. The highest BCUT2D eigenvalue weighted by Crippen LogP contribution is 2.22. The first-order chi connectivity index (χ1) is 14.0. The topological polar surface area (TPSA) is 64.3 Å². The fraction of sp³-hybridized carbons (Fsp3) is 0.273. The van der Waals surface area contributed by atoms with Crippen LogP contribution in [-0.4, -0.2) is 54.2 Å². The quantitative estimate of drug-likeness (QED) is 0.712. The van der Waals surface area contributed by atoms with Crippen molar-refractivity contribution in [1.82, 2.24) is 15.1 Å². The first-order valence-electron chi connectivity index (χ1n) is 9.66. The van der Waals surface area contributed by atoms with Gasteiger partial charge >= 0.3 is 0 Å². The summed E-state index contributed by atoms with van der Waals surface area (Å²) in [5.41, 5.74) is 4.13. The molecule has 0 atom stereocenters. The van der Waals surface area contributed by atoms with Gasteiger partial charge < -0.3 is 15.1 Å². The van der Waals surface area contributed by atoms with Gasteiger partial charge in [-0.2, -0.15) is 5.10 Å². The minimum atomic E-state index is -0.269. The molecule has 6 nitrogen and oxygen atoms in total. The lowest BCUT2D eigenvalue weighted by molar-refractivity contribution is 0.102. The number of carbonyl (C=O) groups excluding carboxylic acids is 1. The second kappa shape index (κ2) is 8.05. The van der Waals surface area contributed by atoms with Gasteiger partial charge in [0.1, 0.15) is 11.5 Å². The second-order valence-electron chi connectivity index (χ2n) is 7.42. The number of aromatic nitrogens is 2. The molecule has 1 saturated heterocycles. The molecule has 2 N–H and O–H groups in total. The molecule has 1 aromatic heterocycles. The monoisotopic (exact) mass is 393 g/mol. The minimum Gasteiger partial charge on any atom is -0.369 e. The summed E-state index contributed by atoms with van der Waals surface area (Å²) < 4.78 is 13.5. The van der Waals surface area contributed by atoms with E-state index in [-0.39, 0.29) is 11.7 Å². The molecule has 1 aliphatic rings. The van der Waals surface area contributed by atoms with Crippen LogP contribution in [0.4, 0.5) is 15.8 Å². The van der Waals surface area contributed by atoms with Crippen LogP contribution in [0.25, 0.3) is 11.3 Å². The molecule has 4 rings (SSSR count). The van der Waals surface area contributed by atoms with Gasteiger partial charge in [-0.15, -0.1) is 0 Å². The van der Waals surface area contributed by atoms with Crippen LogP contribution in [0.3, 0.4) is 0 Å². The fourth-order valence-corrected chi connectivity index (χ4v) is 3.41. The summed E-state index contributed by atoms with van der Waals surface area (Å²) in [5, 5.41) is 9.82. The molecule has 1 fully saturated rings. The number of halogens is 1. The highest BCUT2D eigenvalue weighted by atomic mass is 19.1. The molecule has 2 heterocycles. The maximum Gasteiger partial charge on any atom is 0.273 e. The van der Waals surface area contributed by atoms with Crippen LogP contribution in [0.5, 0.6) is 0 Å². The van der Waals surface area contributed by atoms with Crippen molar-refractivity contribution in [2.24, 2.45) is 0 Å². The predicted octanol–water partition coefficient (Wildman–Crippen LogP) is 3.53. The number of aryl methyl sites for hydroxylation is 1. The van der Waals surface area contributed by atoms with Gasteiger partial charge in [0.15, 0.2) is 0 Å². The number of benzene rings is 2. The van der Waals surface area contributed by atoms with Crippen molar-refractivity contribution in [3.05, 3.63) is 65.6 Å². The molecule has 0 bridgehead atoms. The lowest BCUT2D eigenvalue weighted by Gasteiger charge is -2.34. The Morgan fingerprint density at radius 3 is 2.48 bits per heavy atom. The second-order valence-corrected chi connectivity index (χ2v) is 7.42. The van der Waals surface area contributed by atoms with E-state index in [0.29, 0.717) is 17.0 Å². The molecule has 1 amide bonds. The van der Waals surface area contributed by atoms with Gasteiger partial charge in [0.2, 0.25) is 0 Å². The van der Waals surface area contributed by atoms with Crippen molar-refractivity contribution < 1.29 is 9.18 Å². The van der Waals surface area contributed by atoms with Crippen molar-refractivity contribution in [1.29, 1.82) is 0 Å². The Hall–Kier alpha value is -3.19. The maximum absolute atomic E-state index is 13.5. The third-order valence-electron chi connectivity index (χ3n) is 5.27. The SMILES string of the molecule is Cc1cc(-c2cc(C(=O)Nc3ccc(N4CCN(C)CC4)cc3)[nH]n2)ccc1F. The largest absolute Gasteiger partial charge is 0.369 e. The third-order valence-corrected chi connectivity index (χ3v) is 5.27. The summed E-state index contributed by atoms with van der Waals surface area (Å²) in [6.45, 7) is 5.80. The number of likely N-dealkylation sites (N-methyl/N-ethyl adjacent to an activating group) is 1. The first-order valence-corrected chi connectivity index (χ1v) is 9.66. The van der Waals surface area contributed by atoms with Gasteiger partial charge in [-0.05, 0) is 68.1 Å². The van der Waals surface area contributed by atoms with Crippen LogP contribution in [0.15, 0.2) is 48.5 Å². The van der Waals surface area contributed by atoms with E-state index in [2.05, 4.69) is 32.4 Å². The van der Waals surface area contributed by atoms with E-state index in [1.807, 2.05) is 24.3 Å². The molecule has 2 aromatic carbocycles. The minimum absolute atomic E-state index is 0.262. The Morgan fingerprint density at radius 1 is 1.07 bits per heavy atom. The molecular formula is C22H24FN5O. The highest BCUT2D eigenvalue weighted by molar-refractivity contribution is 6.03. The molecule has 0 aliphatic carbocycles. The van der Waals surface area contributed by atoms with Crippen LogP contribution in [0.1, 0.15) is 16.1 Å². The average Bonchev–Trinajstić information content (AvgIpc) is 3.22. The van der Waals surface area contributed by atoms with Crippen LogP contribution in [0.2, 0.25) is 0 Å². The molecule has 0 saturated carbocycles. The van der Waals surface area contributed by atoms with Gasteiger partial charge in [-0.25, -0.2) is 4.39 Å². The molecule has 29 heavy (non-hydrogen) atoms. The number of aromatic amines is 1. The summed E-state index contributed by atoms with van der Waals surface area (Å²) in [4.78, 5) is 17.2. The van der Waals surface area contributed by atoms with E-state index < -0.39 is 0 Å². The third kappa shape index (κ3) is 4.30. The summed E-state index contributed by atoms with van der Waals surface area (Å²) in [7, 11) is 2.13. The van der Waals surface area contributed by atoms with Crippen molar-refractivity contribution in [2.45, 2.75) is 6.92 Å². The molecule has 150 valence electrons. The molecule has 0 unspecified atom stereocenters. The van der Waals surface area contributed by atoms with Crippen molar-refractivity contribution in [2.75, 3.05) is 43.4 Å². The number of carbonyl (C=O) groups is 1. The number of H-pyrrole nitrogens is 1. The van der Waals surface area contributed by atoms with E-state index in [0.717, 1.165) is 43.1 Å². The molecule has 3 aromatic rings. The summed E-state index contributed by atoms with van der Waals surface area (Å²) in [6, 6.07) is 14.3. The predicted molar refractivity (Wildman–Crippen MR) is 113 cm³/mol. The summed E-state index contributed by atoms with van der Waals surface area (Å²) >= 11 is 0. The standard InChI is InChI=1S/C22H24FN5O/c1-15-13-16(3-8-19(15)23)20-14-21(26-25-20)22(29)24-17-4-6-18(7-5-17)28-11-9-27(2)10-12-28/h3-8,13-14H,9-12H2,1-2H3,(H,24,29)(H,25,26). The van der Waals surface area contributed by atoms with E-state index >= 15 is 0 Å². The van der Waals surface area contributed by atoms with Gasteiger partial charge in [0.05, 0.1) is 5.69 Å². The molecular weight excluding hydrogens is 369 g/mol.